The molecule has 0 saturated carbocycles. The fourth-order valence-electron chi connectivity index (χ4n) is 5.54. The summed E-state index contributed by atoms with van der Waals surface area (Å²) >= 11 is 0. The second kappa shape index (κ2) is 10.6. The first-order chi connectivity index (χ1) is 15.6. The summed E-state index contributed by atoms with van der Waals surface area (Å²) in [5.41, 5.74) is 2.17. The Balaban J connectivity index is 1.26. The molecule has 4 heterocycles. The van der Waals surface area contributed by atoms with Crippen molar-refractivity contribution < 1.29 is 4.79 Å². The molecule has 2 fully saturated rings. The molecule has 2 aromatic rings. The average molecular weight is 441 g/mol. The summed E-state index contributed by atoms with van der Waals surface area (Å²) in [5, 5.41) is 9.07. The molecule has 2 aliphatic heterocycles. The quantitative estimate of drug-likeness (QED) is 0.634. The van der Waals surface area contributed by atoms with Crippen molar-refractivity contribution in [3.63, 3.8) is 0 Å². The van der Waals surface area contributed by atoms with E-state index in [1.54, 1.807) is 0 Å². The summed E-state index contributed by atoms with van der Waals surface area (Å²) in [7, 11) is 0. The van der Waals surface area contributed by atoms with Gasteiger partial charge in [-0.3, -0.25) is 9.48 Å². The van der Waals surface area contributed by atoms with E-state index in [1.165, 1.54) is 37.6 Å². The molecule has 7 nitrogen and oxygen atoms in total. The Bertz CT molecular complexity index is 901. The Morgan fingerprint density at radius 2 is 1.97 bits per heavy atom. The number of aryl methyl sites for hydroxylation is 2. The minimum absolute atomic E-state index is 0.113. The van der Waals surface area contributed by atoms with Crippen LogP contribution in [0.3, 0.4) is 0 Å². The molecule has 7 heteroatoms. The lowest BCUT2D eigenvalue weighted by Crippen LogP contribution is -2.43. The number of anilines is 1. The fourth-order valence-corrected chi connectivity index (χ4v) is 5.54. The molecule has 1 amide bonds. The van der Waals surface area contributed by atoms with Gasteiger partial charge in [-0.15, -0.1) is 0 Å². The van der Waals surface area contributed by atoms with Gasteiger partial charge in [0.2, 0.25) is 5.91 Å². The van der Waals surface area contributed by atoms with Gasteiger partial charge in [-0.25, -0.2) is 4.98 Å². The van der Waals surface area contributed by atoms with Crippen molar-refractivity contribution in [2.45, 2.75) is 78.3 Å². The average Bonchev–Trinajstić information content (AvgIpc) is 3.18. The highest BCUT2D eigenvalue weighted by Crippen LogP contribution is 2.30. The van der Waals surface area contributed by atoms with Crippen LogP contribution in [0.25, 0.3) is 10.9 Å². The topological polar surface area (TPSA) is 66.3 Å². The minimum Gasteiger partial charge on any atom is -0.356 e. The van der Waals surface area contributed by atoms with Crippen molar-refractivity contribution in [2.24, 2.45) is 5.92 Å². The van der Waals surface area contributed by atoms with Crippen LogP contribution in [-0.2, 0) is 11.3 Å². The third-order valence-electron chi connectivity index (χ3n) is 7.43. The molecule has 0 spiro atoms. The van der Waals surface area contributed by atoms with Crippen molar-refractivity contribution in [1.29, 1.82) is 0 Å². The zero-order valence-electron chi connectivity index (χ0n) is 20.1. The van der Waals surface area contributed by atoms with Crippen molar-refractivity contribution in [3.8, 4) is 0 Å². The normalized spacial score (nSPS) is 20.7. The number of piperidine rings is 2. The first-order valence-electron chi connectivity index (χ1n) is 12.7. The largest absolute Gasteiger partial charge is 0.356 e. The van der Waals surface area contributed by atoms with E-state index in [4.69, 9.17) is 4.98 Å². The maximum atomic E-state index is 12.8. The second-order valence-electron chi connectivity index (χ2n) is 9.43. The summed E-state index contributed by atoms with van der Waals surface area (Å²) in [4.78, 5) is 22.4. The van der Waals surface area contributed by atoms with Gasteiger partial charge in [0.1, 0.15) is 5.52 Å². The molecular formula is C25H40N6O. The number of aromatic nitrogens is 3. The number of likely N-dealkylation sites (tertiary alicyclic amines) is 1. The van der Waals surface area contributed by atoms with Crippen LogP contribution >= 0.6 is 0 Å². The van der Waals surface area contributed by atoms with Gasteiger partial charge in [0, 0.05) is 56.3 Å². The Hall–Kier alpha value is -2.15. The van der Waals surface area contributed by atoms with Gasteiger partial charge >= 0.3 is 0 Å². The number of nitrogens with zero attached hydrogens (tertiary/aromatic N) is 5. The highest BCUT2D eigenvalue weighted by molar-refractivity contribution is 5.91. The van der Waals surface area contributed by atoms with E-state index >= 15 is 0 Å². The van der Waals surface area contributed by atoms with Crippen LogP contribution in [-0.4, -0.2) is 64.3 Å². The molecule has 2 aliphatic rings. The van der Waals surface area contributed by atoms with Crippen LogP contribution in [0.4, 0.5) is 5.82 Å². The highest BCUT2D eigenvalue weighted by Gasteiger charge is 2.27. The molecule has 0 bridgehead atoms. The van der Waals surface area contributed by atoms with Crippen molar-refractivity contribution >= 4 is 22.6 Å². The zero-order valence-corrected chi connectivity index (χ0v) is 20.1. The Morgan fingerprint density at radius 3 is 2.72 bits per heavy atom. The Kier molecular flexibility index (Phi) is 7.66. The van der Waals surface area contributed by atoms with Gasteiger partial charge in [-0.2, -0.15) is 5.10 Å². The van der Waals surface area contributed by atoms with E-state index in [-0.39, 0.29) is 11.8 Å². The number of hydrogen-bond donors (Lipinski definition) is 1. The first kappa shape index (κ1) is 23.0. The second-order valence-corrected chi connectivity index (χ2v) is 9.43. The van der Waals surface area contributed by atoms with Gasteiger partial charge < -0.3 is 15.1 Å². The van der Waals surface area contributed by atoms with Crippen molar-refractivity contribution in [1.82, 2.24) is 25.0 Å². The number of nitrogens with one attached hydrogen (secondary N) is 1. The number of rotatable bonds is 8. The summed E-state index contributed by atoms with van der Waals surface area (Å²) in [6, 6.07) is 2.80. The number of carbonyl (C=O) groups excluding carboxylic acids is 1. The third-order valence-corrected chi connectivity index (χ3v) is 7.43. The fraction of sp³-hybridized carbons (Fsp3) is 0.720. The molecule has 2 saturated heterocycles. The van der Waals surface area contributed by atoms with Gasteiger partial charge in [0.05, 0.1) is 5.69 Å². The number of hydrogen-bond acceptors (Lipinski definition) is 5. The van der Waals surface area contributed by atoms with E-state index in [2.05, 4.69) is 51.7 Å². The monoisotopic (exact) mass is 440 g/mol. The lowest BCUT2D eigenvalue weighted by molar-refractivity contribution is -0.125. The van der Waals surface area contributed by atoms with Gasteiger partial charge in [-0.05, 0) is 65.0 Å². The number of amides is 1. The number of pyridine rings is 1. The Labute approximate surface area is 192 Å². The van der Waals surface area contributed by atoms with Crippen LogP contribution in [0.1, 0.15) is 64.5 Å². The van der Waals surface area contributed by atoms with Gasteiger partial charge in [-0.1, -0.05) is 13.3 Å². The third kappa shape index (κ3) is 4.92. The molecule has 1 N–H and O–H groups in total. The highest BCUT2D eigenvalue weighted by atomic mass is 16.1. The molecular weight excluding hydrogens is 400 g/mol. The summed E-state index contributed by atoms with van der Waals surface area (Å²) < 4.78 is 2.05. The van der Waals surface area contributed by atoms with Gasteiger partial charge in [0.15, 0.2) is 5.82 Å². The van der Waals surface area contributed by atoms with E-state index < -0.39 is 0 Å². The molecule has 2 aromatic heterocycles. The van der Waals surface area contributed by atoms with E-state index in [0.29, 0.717) is 0 Å². The SMILES string of the molecule is CCC1CCCCN1CCCNC(=O)C1CCN(c2nccc3c(C)nn(CC)c23)CC1. The maximum absolute atomic E-state index is 12.8. The zero-order chi connectivity index (χ0) is 22.5. The molecule has 32 heavy (non-hydrogen) atoms. The molecule has 176 valence electrons. The number of fused-ring (bicyclic) bond motifs is 1. The predicted octanol–water partition coefficient (Wildman–Crippen LogP) is 3.75. The summed E-state index contributed by atoms with van der Waals surface area (Å²) in [6.45, 7) is 12.2. The van der Waals surface area contributed by atoms with Crippen LogP contribution in [0, 0.1) is 12.8 Å². The van der Waals surface area contributed by atoms with E-state index in [1.807, 2.05) is 6.20 Å². The van der Waals surface area contributed by atoms with E-state index in [9.17, 15) is 4.79 Å². The molecule has 1 unspecified atom stereocenters. The molecule has 1 atom stereocenters. The van der Waals surface area contributed by atoms with Gasteiger partial charge in [0.25, 0.3) is 0 Å². The summed E-state index contributed by atoms with van der Waals surface area (Å²) in [6.07, 6.45) is 9.97. The molecule has 0 radical (unpaired) electrons. The van der Waals surface area contributed by atoms with Crippen LogP contribution in [0.5, 0.6) is 0 Å². The van der Waals surface area contributed by atoms with E-state index in [0.717, 1.165) is 75.1 Å². The predicted molar refractivity (Wildman–Crippen MR) is 130 cm³/mol. The van der Waals surface area contributed by atoms with Crippen LogP contribution in [0.15, 0.2) is 12.3 Å². The smallest absolute Gasteiger partial charge is 0.223 e. The maximum Gasteiger partial charge on any atom is 0.223 e. The first-order valence-corrected chi connectivity index (χ1v) is 12.7. The molecule has 0 aromatic carbocycles. The number of carbonyl (C=O) groups is 1. The van der Waals surface area contributed by atoms with Crippen LogP contribution in [0.2, 0.25) is 0 Å². The van der Waals surface area contributed by atoms with Crippen molar-refractivity contribution in [2.75, 3.05) is 37.6 Å². The lowest BCUT2D eigenvalue weighted by atomic mass is 9.95. The summed E-state index contributed by atoms with van der Waals surface area (Å²) in [5.74, 6) is 1.36. The molecule has 4 rings (SSSR count). The molecule has 0 aliphatic carbocycles. The van der Waals surface area contributed by atoms with Crippen molar-refractivity contribution in [3.05, 3.63) is 18.0 Å². The Morgan fingerprint density at radius 1 is 1.16 bits per heavy atom. The lowest BCUT2D eigenvalue weighted by Gasteiger charge is -2.35. The standard InChI is InChI=1S/C25H40N6O/c1-4-21-9-6-7-15-29(21)16-8-13-27-25(32)20-11-17-30(18-12-20)24-23-22(10-14-26-24)19(3)28-31(23)5-2/h10,14,20-21H,4-9,11-13,15-18H2,1-3H3,(H,27,32). The van der Waals surface area contributed by atoms with Crippen LogP contribution < -0.4 is 10.2 Å². The minimum atomic E-state index is 0.113.